The number of nitrogens with zero attached hydrogens (tertiary/aromatic N) is 1. The first-order valence-corrected chi connectivity index (χ1v) is 6.74. The van der Waals surface area contributed by atoms with Crippen molar-refractivity contribution in [3.63, 3.8) is 0 Å². The minimum atomic E-state index is -0.310. The van der Waals surface area contributed by atoms with Crippen LogP contribution in [0.1, 0.15) is 18.1 Å². The molecule has 21 heavy (non-hydrogen) atoms. The zero-order valence-electron chi connectivity index (χ0n) is 12.0. The van der Waals surface area contributed by atoms with E-state index in [2.05, 4.69) is 11.1 Å². The van der Waals surface area contributed by atoms with E-state index in [9.17, 15) is 4.79 Å². The van der Waals surface area contributed by atoms with Crippen LogP contribution >= 0.6 is 0 Å². The Kier molecular flexibility index (Phi) is 5.04. The summed E-state index contributed by atoms with van der Waals surface area (Å²) in [7, 11) is 0. The summed E-state index contributed by atoms with van der Waals surface area (Å²) >= 11 is 0. The van der Waals surface area contributed by atoms with Crippen LogP contribution in [0.4, 0.5) is 0 Å². The van der Waals surface area contributed by atoms with Crippen molar-refractivity contribution in [1.29, 1.82) is 0 Å². The van der Waals surface area contributed by atoms with Crippen LogP contribution < -0.4 is 9.30 Å². The summed E-state index contributed by atoms with van der Waals surface area (Å²) in [6.07, 6.45) is 9.96. The van der Waals surface area contributed by atoms with E-state index < -0.39 is 0 Å². The van der Waals surface area contributed by atoms with Gasteiger partial charge in [0, 0.05) is 19.1 Å². The van der Waals surface area contributed by atoms with Gasteiger partial charge in [-0.05, 0) is 29.3 Å². The van der Waals surface area contributed by atoms with E-state index in [-0.39, 0.29) is 5.97 Å². The van der Waals surface area contributed by atoms with Crippen molar-refractivity contribution < 1.29 is 14.1 Å². The van der Waals surface area contributed by atoms with Gasteiger partial charge < -0.3 is 4.74 Å². The molecule has 2 rings (SSSR count). The largest absolute Gasteiger partial charge is 0.427 e. The third kappa shape index (κ3) is 4.73. The molecule has 106 valence electrons. The van der Waals surface area contributed by atoms with E-state index in [1.54, 1.807) is 12.1 Å². The van der Waals surface area contributed by atoms with Crippen molar-refractivity contribution in [3.05, 3.63) is 72.6 Å². The molecule has 3 heteroatoms. The van der Waals surface area contributed by atoms with Gasteiger partial charge in [-0.3, -0.25) is 4.79 Å². The van der Waals surface area contributed by atoms with Gasteiger partial charge in [0.25, 0.3) is 0 Å². The van der Waals surface area contributed by atoms with E-state index in [4.69, 9.17) is 4.74 Å². The minimum absolute atomic E-state index is 0.310. The Bertz CT molecular complexity index is 640. The van der Waals surface area contributed by atoms with Gasteiger partial charge in [0.1, 0.15) is 5.75 Å². The molecule has 1 aromatic carbocycles. The molecule has 0 atom stereocenters. The molecule has 1 aromatic heterocycles. The monoisotopic (exact) mass is 280 g/mol. The van der Waals surface area contributed by atoms with Crippen molar-refractivity contribution in [2.75, 3.05) is 0 Å². The molecule has 3 nitrogen and oxygen atoms in total. The van der Waals surface area contributed by atoms with Crippen molar-refractivity contribution >= 4 is 18.1 Å². The van der Waals surface area contributed by atoms with E-state index in [0.29, 0.717) is 5.75 Å². The Balaban J connectivity index is 2.03. The number of aromatic nitrogens is 1. The maximum absolute atomic E-state index is 10.8. The summed E-state index contributed by atoms with van der Waals surface area (Å²) in [5.74, 6) is 0.250. The number of esters is 1. The van der Waals surface area contributed by atoms with Crippen LogP contribution in [-0.2, 0) is 11.3 Å². The number of pyridine rings is 1. The Morgan fingerprint density at radius 2 is 1.67 bits per heavy atom. The fourth-order valence-corrected chi connectivity index (χ4v) is 1.86. The Labute approximate surface area is 124 Å². The summed E-state index contributed by atoms with van der Waals surface area (Å²) in [5.41, 5.74) is 2.17. The lowest BCUT2D eigenvalue weighted by atomic mass is 10.1. The first-order valence-electron chi connectivity index (χ1n) is 6.74. The van der Waals surface area contributed by atoms with Gasteiger partial charge in [-0.1, -0.05) is 30.9 Å². The Morgan fingerprint density at radius 3 is 2.19 bits per heavy atom. The second-order valence-electron chi connectivity index (χ2n) is 4.61. The Morgan fingerprint density at radius 1 is 1.10 bits per heavy atom. The number of hydrogen-bond donors (Lipinski definition) is 0. The normalized spacial score (nSPS) is 10.5. The second-order valence-corrected chi connectivity index (χ2v) is 4.61. The average Bonchev–Trinajstić information content (AvgIpc) is 2.48. The average molecular weight is 280 g/mol. The lowest BCUT2D eigenvalue weighted by molar-refractivity contribution is -0.687. The smallest absolute Gasteiger partial charge is 0.308 e. The van der Waals surface area contributed by atoms with Crippen molar-refractivity contribution in [3.8, 4) is 5.75 Å². The molecule has 0 unspecified atom stereocenters. The zero-order valence-corrected chi connectivity index (χ0v) is 12.0. The summed E-state index contributed by atoms with van der Waals surface area (Å²) in [5, 5.41) is 0. The molecule has 0 amide bonds. The van der Waals surface area contributed by atoms with Crippen LogP contribution in [-0.4, -0.2) is 5.97 Å². The number of carbonyl (C=O) groups excluding carboxylic acids is 1. The van der Waals surface area contributed by atoms with Crippen molar-refractivity contribution in [1.82, 2.24) is 0 Å². The van der Waals surface area contributed by atoms with Crippen LogP contribution in [0.2, 0.25) is 0 Å². The number of rotatable bonds is 5. The number of hydrogen-bond acceptors (Lipinski definition) is 2. The molecule has 0 fully saturated rings. The molecule has 0 aliphatic heterocycles. The van der Waals surface area contributed by atoms with E-state index in [0.717, 1.165) is 17.7 Å². The molecule has 2 aromatic rings. The second kappa shape index (κ2) is 7.20. The highest BCUT2D eigenvalue weighted by molar-refractivity contribution is 5.71. The van der Waals surface area contributed by atoms with Crippen molar-refractivity contribution in [2.24, 2.45) is 0 Å². The number of ether oxygens (including phenoxy) is 1. The molecule has 0 N–H and O–H groups in total. The summed E-state index contributed by atoms with van der Waals surface area (Å²) in [4.78, 5) is 10.8. The summed E-state index contributed by atoms with van der Waals surface area (Å²) < 4.78 is 7.05. The predicted octanol–water partition coefficient (Wildman–Crippen LogP) is 3.26. The Hall–Kier alpha value is -2.68. The maximum atomic E-state index is 10.8. The molecule has 0 saturated heterocycles. The third-order valence-corrected chi connectivity index (χ3v) is 2.87. The standard InChI is InChI=1S/C18H18NO2/c1-3-12-19-13-10-17(11-14-19)5-4-16-6-8-18(9-7-16)21-15(2)20/h3-11,13-14H,1,12H2,2H3/q+1/b5-4+. The van der Waals surface area contributed by atoms with Crippen LogP contribution in [0, 0.1) is 0 Å². The molecule has 0 aliphatic rings. The van der Waals surface area contributed by atoms with E-state index >= 15 is 0 Å². The number of benzene rings is 1. The van der Waals surface area contributed by atoms with Gasteiger partial charge in [0.15, 0.2) is 18.9 Å². The molecular formula is C18H18NO2+. The van der Waals surface area contributed by atoms with Crippen LogP contribution in [0.3, 0.4) is 0 Å². The first kappa shape index (κ1) is 14.7. The van der Waals surface area contributed by atoms with Gasteiger partial charge in [-0.15, -0.1) is 0 Å². The number of allylic oxidation sites excluding steroid dienone is 1. The maximum Gasteiger partial charge on any atom is 0.308 e. The molecule has 0 spiro atoms. The molecule has 0 radical (unpaired) electrons. The van der Waals surface area contributed by atoms with Gasteiger partial charge in [0.2, 0.25) is 0 Å². The van der Waals surface area contributed by atoms with E-state index in [1.165, 1.54) is 6.92 Å². The predicted molar refractivity (Wildman–Crippen MR) is 83.5 cm³/mol. The van der Waals surface area contributed by atoms with Crippen molar-refractivity contribution in [2.45, 2.75) is 13.5 Å². The minimum Gasteiger partial charge on any atom is -0.427 e. The van der Waals surface area contributed by atoms with Gasteiger partial charge in [0.05, 0.1) is 0 Å². The highest BCUT2D eigenvalue weighted by Gasteiger charge is 1.98. The highest BCUT2D eigenvalue weighted by Crippen LogP contribution is 2.14. The van der Waals surface area contributed by atoms with Gasteiger partial charge >= 0.3 is 5.97 Å². The lowest BCUT2D eigenvalue weighted by Gasteiger charge is -2.00. The molecular weight excluding hydrogens is 262 g/mol. The molecule has 0 saturated carbocycles. The fraction of sp³-hybridized carbons (Fsp3) is 0.111. The quantitative estimate of drug-likeness (QED) is 0.364. The number of carbonyl (C=O) groups is 1. The summed E-state index contributed by atoms with van der Waals surface area (Å²) in [6.45, 7) is 5.91. The third-order valence-electron chi connectivity index (χ3n) is 2.87. The summed E-state index contributed by atoms with van der Waals surface area (Å²) in [6, 6.07) is 11.5. The molecule has 1 heterocycles. The first-order chi connectivity index (χ1) is 10.2. The van der Waals surface area contributed by atoms with Gasteiger partial charge in [-0.2, -0.15) is 0 Å². The van der Waals surface area contributed by atoms with Crippen LogP contribution in [0.5, 0.6) is 5.75 Å². The lowest BCUT2D eigenvalue weighted by Crippen LogP contribution is -2.31. The fourth-order valence-electron chi connectivity index (χ4n) is 1.86. The highest BCUT2D eigenvalue weighted by atomic mass is 16.5. The van der Waals surface area contributed by atoms with Crippen LogP contribution in [0.15, 0.2) is 61.4 Å². The zero-order chi connectivity index (χ0) is 15.1. The molecule has 0 bridgehead atoms. The molecule has 0 aliphatic carbocycles. The van der Waals surface area contributed by atoms with E-state index in [1.807, 2.05) is 54.9 Å². The topological polar surface area (TPSA) is 30.2 Å². The van der Waals surface area contributed by atoms with Gasteiger partial charge in [-0.25, -0.2) is 4.57 Å². The van der Waals surface area contributed by atoms with Crippen LogP contribution in [0.25, 0.3) is 12.2 Å². The SMILES string of the molecule is C=CC[n+]1ccc(/C=C/c2ccc(OC(C)=O)cc2)cc1.